The summed E-state index contributed by atoms with van der Waals surface area (Å²) < 4.78 is 7.90. The summed E-state index contributed by atoms with van der Waals surface area (Å²) in [5.74, 6) is 2.19. The second-order valence-electron chi connectivity index (χ2n) is 7.73. The molecule has 2 saturated heterocycles. The van der Waals surface area contributed by atoms with Gasteiger partial charge in [-0.25, -0.2) is 4.98 Å². The lowest BCUT2D eigenvalue weighted by atomic mass is 9.96. The molecule has 0 radical (unpaired) electrons. The van der Waals surface area contributed by atoms with E-state index in [0.29, 0.717) is 17.5 Å². The number of piperidine rings is 1. The number of pyridine rings is 1. The van der Waals surface area contributed by atoms with Crippen molar-refractivity contribution in [3.05, 3.63) is 47.8 Å². The molecule has 2 aliphatic rings. The first kappa shape index (κ1) is 18.2. The fourth-order valence-corrected chi connectivity index (χ4v) is 4.31. The van der Waals surface area contributed by atoms with Gasteiger partial charge in [-0.2, -0.15) is 0 Å². The Morgan fingerprint density at radius 3 is 2.85 bits per heavy atom. The summed E-state index contributed by atoms with van der Waals surface area (Å²) in [5.41, 5.74) is 1.75. The molecule has 1 unspecified atom stereocenters. The molecule has 4 rings (SSSR count). The number of likely N-dealkylation sites (tertiary alicyclic amines) is 1. The number of nitrogens with zero attached hydrogens (tertiary/aromatic N) is 4. The Kier molecular flexibility index (Phi) is 5.53. The summed E-state index contributed by atoms with van der Waals surface area (Å²) in [4.78, 5) is 23.7. The summed E-state index contributed by atoms with van der Waals surface area (Å²) >= 11 is 0. The average Bonchev–Trinajstić information content (AvgIpc) is 3.09. The molecule has 1 atom stereocenters. The largest absolute Gasteiger partial charge is 0.381 e. The van der Waals surface area contributed by atoms with E-state index in [-0.39, 0.29) is 5.91 Å². The van der Waals surface area contributed by atoms with E-state index < -0.39 is 0 Å². The summed E-state index contributed by atoms with van der Waals surface area (Å²) in [6.45, 7) is 6.33. The van der Waals surface area contributed by atoms with Crippen LogP contribution in [0, 0.1) is 12.8 Å². The van der Waals surface area contributed by atoms with Gasteiger partial charge in [0.2, 0.25) is 0 Å². The van der Waals surface area contributed by atoms with Crippen LogP contribution in [0.5, 0.6) is 0 Å². The lowest BCUT2D eigenvalue weighted by molar-refractivity contribution is 0.0651. The van der Waals surface area contributed by atoms with Gasteiger partial charge in [-0.15, -0.1) is 0 Å². The SMILES string of the molecule is Cc1cnc(C2CCOCC2)n1CC1CCCN(C(=O)c2ccccn2)C1. The number of rotatable bonds is 4. The zero-order chi connectivity index (χ0) is 18.6. The van der Waals surface area contributed by atoms with Crippen LogP contribution in [0.15, 0.2) is 30.6 Å². The molecule has 2 aliphatic heterocycles. The molecule has 0 aromatic carbocycles. The zero-order valence-corrected chi connectivity index (χ0v) is 16.0. The number of amides is 1. The lowest BCUT2D eigenvalue weighted by Crippen LogP contribution is -2.41. The molecule has 27 heavy (non-hydrogen) atoms. The fraction of sp³-hybridized carbons (Fsp3) is 0.571. The van der Waals surface area contributed by atoms with E-state index in [1.54, 1.807) is 12.3 Å². The molecule has 0 aliphatic carbocycles. The molecule has 2 aromatic heterocycles. The van der Waals surface area contributed by atoms with Crippen LogP contribution in [0.4, 0.5) is 0 Å². The van der Waals surface area contributed by atoms with Crippen LogP contribution >= 0.6 is 0 Å². The van der Waals surface area contributed by atoms with E-state index in [1.165, 1.54) is 11.5 Å². The third-order valence-corrected chi connectivity index (χ3v) is 5.80. The van der Waals surface area contributed by atoms with Crippen LogP contribution in [-0.2, 0) is 11.3 Å². The molecular formula is C21H28N4O2. The van der Waals surface area contributed by atoms with Crippen LogP contribution in [0.25, 0.3) is 0 Å². The van der Waals surface area contributed by atoms with Gasteiger partial charge in [0, 0.05) is 56.9 Å². The maximum Gasteiger partial charge on any atom is 0.272 e. The summed E-state index contributed by atoms with van der Waals surface area (Å²) in [5, 5.41) is 0. The number of carbonyl (C=O) groups is 1. The van der Waals surface area contributed by atoms with E-state index >= 15 is 0 Å². The topological polar surface area (TPSA) is 60.2 Å². The van der Waals surface area contributed by atoms with Gasteiger partial charge in [0.05, 0.1) is 0 Å². The average molecular weight is 368 g/mol. The third kappa shape index (κ3) is 4.05. The predicted molar refractivity (Wildman–Crippen MR) is 103 cm³/mol. The minimum Gasteiger partial charge on any atom is -0.381 e. The maximum atomic E-state index is 12.8. The van der Waals surface area contributed by atoms with Crippen molar-refractivity contribution in [2.45, 2.75) is 45.1 Å². The van der Waals surface area contributed by atoms with Crippen molar-refractivity contribution in [3.63, 3.8) is 0 Å². The third-order valence-electron chi connectivity index (χ3n) is 5.80. The van der Waals surface area contributed by atoms with Gasteiger partial charge in [-0.1, -0.05) is 6.07 Å². The van der Waals surface area contributed by atoms with Crippen molar-refractivity contribution in [2.24, 2.45) is 5.92 Å². The highest BCUT2D eigenvalue weighted by Crippen LogP contribution is 2.28. The van der Waals surface area contributed by atoms with E-state index in [1.807, 2.05) is 23.2 Å². The normalized spacial score (nSPS) is 21.4. The molecule has 0 spiro atoms. The number of hydrogen-bond acceptors (Lipinski definition) is 4. The van der Waals surface area contributed by atoms with Gasteiger partial charge >= 0.3 is 0 Å². The Bertz CT molecular complexity index is 768. The monoisotopic (exact) mass is 368 g/mol. The molecule has 2 fully saturated rings. The minimum absolute atomic E-state index is 0.0484. The van der Waals surface area contributed by atoms with Crippen molar-refractivity contribution in [1.29, 1.82) is 0 Å². The Morgan fingerprint density at radius 2 is 2.07 bits per heavy atom. The second-order valence-corrected chi connectivity index (χ2v) is 7.73. The second kappa shape index (κ2) is 8.21. The first-order valence-electron chi connectivity index (χ1n) is 10.0. The van der Waals surface area contributed by atoms with Crippen molar-refractivity contribution in [3.8, 4) is 0 Å². The quantitative estimate of drug-likeness (QED) is 0.832. The number of hydrogen-bond donors (Lipinski definition) is 0. The maximum absolute atomic E-state index is 12.8. The molecule has 6 heteroatoms. The smallest absolute Gasteiger partial charge is 0.272 e. The molecule has 4 heterocycles. The lowest BCUT2D eigenvalue weighted by Gasteiger charge is -2.33. The number of ether oxygens (including phenoxy) is 1. The molecule has 2 aromatic rings. The highest BCUT2D eigenvalue weighted by atomic mass is 16.5. The Hall–Kier alpha value is -2.21. The van der Waals surface area contributed by atoms with E-state index in [2.05, 4.69) is 16.5 Å². The molecule has 0 bridgehead atoms. The number of aryl methyl sites for hydroxylation is 1. The highest BCUT2D eigenvalue weighted by Gasteiger charge is 2.28. The molecule has 0 saturated carbocycles. The van der Waals surface area contributed by atoms with Crippen LogP contribution in [0.2, 0.25) is 0 Å². The van der Waals surface area contributed by atoms with Crippen LogP contribution in [-0.4, -0.2) is 51.6 Å². The highest BCUT2D eigenvalue weighted by molar-refractivity contribution is 5.92. The van der Waals surface area contributed by atoms with Crippen molar-refractivity contribution >= 4 is 5.91 Å². The van der Waals surface area contributed by atoms with E-state index in [4.69, 9.17) is 9.72 Å². The number of carbonyl (C=O) groups excluding carboxylic acids is 1. The summed E-state index contributed by atoms with van der Waals surface area (Å²) in [6.07, 6.45) is 7.96. The van der Waals surface area contributed by atoms with Gasteiger partial charge in [0.1, 0.15) is 11.5 Å². The minimum atomic E-state index is 0.0484. The van der Waals surface area contributed by atoms with Gasteiger partial charge in [0.15, 0.2) is 0 Å². The van der Waals surface area contributed by atoms with Crippen LogP contribution in [0.1, 0.15) is 53.6 Å². The molecule has 144 valence electrons. The fourth-order valence-electron chi connectivity index (χ4n) is 4.31. The Labute approximate surface area is 160 Å². The number of aromatic nitrogens is 3. The van der Waals surface area contributed by atoms with Crippen molar-refractivity contribution < 1.29 is 9.53 Å². The van der Waals surface area contributed by atoms with E-state index in [9.17, 15) is 4.79 Å². The van der Waals surface area contributed by atoms with Gasteiger partial charge in [0.25, 0.3) is 5.91 Å². The van der Waals surface area contributed by atoms with Crippen LogP contribution < -0.4 is 0 Å². The summed E-state index contributed by atoms with van der Waals surface area (Å²) in [6, 6.07) is 5.52. The molecule has 6 nitrogen and oxygen atoms in total. The predicted octanol–water partition coefficient (Wildman–Crippen LogP) is 3.03. The van der Waals surface area contributed by atoms with Gasteiger partial charge in [-0.05, 0) is 50.7 Å². The zero-order valence-electron chi connectivity index (χ0n) is 16.0. The molecule has 0 N–H and O–H groups in total. The first-order valence-corrected chi connectivity index (χ1v) is 10.0. The van der Waals surface area contributed by atoms with E-state index in [0.717, 1.165) is 58.5 Å². The molecule has 1 amide bonds. The van der Waals surface area contributed by atoms with Gasteiger partial charge in [-0.3, -0.25) is 9.78 Å². The number of imidazole rings is 1. The summed E-state index contributed by atoms with van der Waals surface area (Å²) in [7, 11) is 0. The van der Waals surface area contributed by atoms with Crippen molar-refractivity contribution in [2.75, 3.05) is 26.3 Å². The van der Waals surface area contributed by atoms with Crippen LogP contribution in [0.3, 0.4) is 0 Å². The molecular weight excluding hydrogens is 340 g/mol. The Balaban J connectivity index is 1.45. The Morgan fingerprint density at radius 1 is 1.22 bits per heavy atom. The first-order chi connectivity index (χ1) is 13.2. The standard InChI is InChI=1S/C21H28N4O2/c1-16-13-23-20(18-7-11-27-12-8-18)25(16)15-17-5-4-10-24(14-17)21(26)19-6-2-3-9-22-19/h2-3,6,9,13,17-18H,4-5,7-8,10-12,14-15H2,1H3. The van der Waals surface area contributed by atoms with Gasteiger partial charge < -0.3 is 14.2 Å². The van der Waals surface area contributed by atoms with Crippen molar-refractivity contribution in [1.82, 2.24) is 19.4 Å².